The third-order valence-corrected chi connectivity index (χ3v) is 4.46. The number of benzene rings is 1. The molecule has 1 aromatic rings. The van der Waals surface area contributed by atoms with Gasteiger partial charge in [0.05, 0.1) is 5.54 Å². The fourth-order valence-electron chi connectivity index (χ4n) is 3.49. The van der Waals surface area contributed by atoms with Crippen LogP contribution < -0.4 is 4.90 Å². The zero-order valence-electron chi connectivity index (χ0n) is 14.3. The second-order valence-electron chi connectivity index (χ2n) is 6.87. The number of unbranched alkanes of at least 4 members (excludes halogenated alkanes) is 1. The number of hydrogen-bond acceptors (Lipinski definition) is 2. The van der Waals surface area contributed by atoms with Gasteiger partial charge >= 0.3 is 5.97 Å². The molecule has 0 saturated heterocycles. The van der Waals surface area contributed by atoms with E-state index in [1.807, 2.05) is 0 Å². The molecule has 1 aliphatic heterocycles. The number of aryl methyl sites for hydroxylation is 1. The van der Waals surface area contributed by atoms with E-state index in [4.69, 9.17) is 0 Å². The van der Waals surface area contributed by atoms with Crippen molar-refractivity contribution in [1.82, 2.24) is 0 Å². The van der Waals surface area contributed by atoms with Crippen molar-refractivity contribution < 1.29 is 9.90 Å². The third-order valence-electron chi connectivity index (χ3n) is 4.46. The number of carboxylic acids is 1. The molecule has 120 valence electrons. The standard InChI is InChI=1S/C19H27NO2/c1-6-7-8-16(18(21)22)20-17-11-13(2)9-10-15(17)14(3)12-19(20,4)5/h9-12,16H,6-8H2,1-5H3,(H,21,22)/t16-/m1/s1. The summed E-state index contributed by atoms with van der Waals surface area (Å²) in [6.45, 7) is 10.5. The zero-order valence-corrected chi connectivity index (χ0v) is 14.3. The first-order valence-electron chi connectivity index (χ1n) is 8.10. The van der Waals surface area contributed by atoms with E-state index in [2.05, 4.69) is 63.8 Å². The van der Waals surface area contributed by atoms with Gasteiger partial charge in [-0.3, -0.25) is 0 Å². The summed E-state index contributed by atoms with van der Waals surface area (Å²) in [5.74, 6) is -0.734. The molecule has 3 nitrogen and oxygen atoms in total. The van der Waals surface area contributed by atoms with Crippen molar-refractivity contribution in [2.45, 2.75) is 65.5 Å². The second kappa shape index (κ2) is 6.15. The fourth-order valence-corrected chi connectivity index (χ4v) is 3.49. The van der Waals surface area contributed by atoms with Crippen LogP contribution in [0.3, 0.4) is 0 Å². The Morgan fingerprint density at radius 2 is 2.00 bits per heavy atom. The number of rotatable bonds is 5. The molecule has 3 heteroatoms. The number of hydrogen-bond donors (Lipinski definition) is 1. The molecule has 1 aromatic carbocycles. The summed E-state index contributed by atoms with van der Waals surface area (Å²) >= 11 is 0. The Kier molecular flexibility index (Phi) is 4.64. The minimum atomic E-state index is -0.734. The summed E-state index contributed by atoms with van der Waals surface area (Å²) < 4.78 is 0. The van der Waals surface area contributed by atoms with Gasteiger partial charge in [-0.15, -0.1) is 0 Å². The Morgan fingerprint density at radius 3 is 2.59 bits per heavy atom. The molecule has 0 amide bonds. The Bertz CT molecular complexity index is 601. The quantitative estimate of drug-likeness (QED) is 0.861. The second-order valence-corrected chi connectivity index (χ2v) is 6.87. The smallest absolute Gasteiger partial charge is 0.326 e. The molecule has 0 aromatic heterocycles. The lowest BCUT2D eigenvalue weighted by molar-refractivity contribution is -0.139. The summed E-state index contributed by atoms with van der Waals surface area (Å²) in [5.41, 5.74) is 4.27. The Morgan fingerprint density at radius 1 is 1.32 bits per heavy atom. The number of aliphatic carboxylic acids is 1. The molecule has 1 aliphatic rings. The molecule has 0 spiro atoms. The molecular formula is C19H27NO2. The maximum absolute atomic E-state index is 11.9. The topological polar surface area (TPSA) is 40.5 Å². The first-order chi connectivity index (χ1) is 10.3. The van der Waals surface area contributed by atoms with Gasteiger partial charge in [-0.1, -0.05) is 38.0 Å². The lowest BCUT2D eigenvalue weighted by Gasteiger charge is -2.46. The summed E-state index contributed by atoms with van der Waals surface area (Å²) in [5, 5.41) is 9.78. The predicted octanol–water partition coefficient (Wildman–Crippen LogP) is 4.64. The van der Waals surface area contributed by atoms with Crippen molar-refractivity contribution in [2.24, 2.45) is 0 Å². The van der Waals surface area contributed by atoms with Crippen LogP contribution in [0.2, 0.25) is 0 Å². The monoisotopic (exact) mass is 301 g/mol. The largest absolute Gasteiger partial charge is 0.480 e. The molecule has 0 unspecified atom stereocenters. The minimum Gasteiger partial charge on any atom is -0.480 e. The van der Waals surface area contributed by atoms with Crippen molar-refractivity contribution in [2.75, 3.05) is 4.90 Å². The maximum Gasteiger partial charge on any atom is 0.326 e. The van der Waals surface area contributed by atoms with Crippen LogP contribution in [0.5, 0.6) is 0 Å². The first kappa shape index (κ1) is 16.6. The summed E-state index contributed by atoms with van der Waals surface area (Å²) in [4.78, 5) is 14.0. The third kappa shape index (κ3) is 3.03. The predicted molar refractivity (Wildman–Crippen MR) is 92.3 cm³/mol. The summed E-state index contributed by atoms with van der Waals surface area (Å²) in [6, 6.07) is 5.83. The highest BCUT2D eigenvalue weighted by molar-refractivity contribution is 5.87. The highest BCUT2D eigenvalue weighted by Gasteiger charge is 2.38. The van der Waals surface area contributed by atoms with Crippen LogP contribution in [-0.4, -0.2) is 22.7 Å². The molecule has 0 aliphatic carbocycles. The van der Waals surface area contributed by atoms with Gasteiger partial charge < -0.3 is 10.0 Å². The molecule has 0 fully saturated rings. The van der Waals surface area contributed by atoms with Crippen LogP contribution in [0.15, 0.2) is 24.3 Å². The zero-order chi connectivity index (χ0) is 16.5. The molecular weight excluding hydrogens is 274 g/mol. The SMILES string of the molecule is CCCC[C@H](C(=O)O)N1c2cc(C)ccc2C(C)=CC1(C)C. The fraction of sp³-hybridized carbons (Fsp3) is 0.526. The van der Waals surface area contributed by atoms with E-state index in [9.17, 15) is 9.90 Å². The van der Waals surface area contributed by atoms with E-state index in [1.165, 1.54) is 5.57 Å². The average Bonchev–Trinajstić information content (AvgIpc) is 2.40. The van der Waals surface area contributed by atoms with Crippen LogP contribution in [0.4, 0.5) is 5.69 Å². The van der Waals surface area contributed by atoms with Gasteiger partial charge in [-0.25, -0.2) is 4.79 Å². The Hall–Kier alpha value is -1.77. The number of anilines is 1. The number of carbonyl (C=O) groups is 1. The van der Waals surface area contributed by atoms with Gasteiger partial charge in [0.25, 0.3) is 0 Å². The number of allylic oxidation sites excluding steroid dienone is 1. The van der Waals surface area contributed by atoms with Crippen LogP contribution in [0.25, 0.3) is 5.57 Å². The van der Waals surface area contributed by atoms with Crippen molar-refractivity contribution in [3.05, 3.63) is 35.4 Å². The lowest BCUT2D eigenvalue weighted by atomic mass is 9.86. The molecule has 1 atom stereocenters. The maximum atomic E-state index is 11.9. The van der Waals surface area contributed by atoms with Crippen molar-refractivity contribution in [3.63, 3.8) is 0 Å². The van der Waals surface area contributed by atoms with Crippen LogP contribution in [0, 0.1) is 6.92 Å². The summed E-state index contributed by atoms with van der Waals surface area (Å²) in [6.07, 6.45) is 4.79. The summed E-state index contributed by atoms with van der Waals surface area (Å²) in [7, 11) is 0. The number of fused-ring (bicyclic) bond motifs is 1. The lowest BCUT2D eigenvalue weighted by Crippen LogP contribution is -2.54. The van der Waals surface area contributed by atoms with E-state index >= 15 is 0 Å². The average molecular weight is 301 g/mol. The van der Waals surface area contributed by atoms with Gasteiger partial charge in [-0.05, 0) is 51.3 Å². The highest BCUT2D eigenvalue weighted by atomic mass is 16.4. The molecule has 0 saturated carbocycles. The minimum absolute atomic E-state index is 0.304. The van der Waals surface area contributed by atoms with E-state index in [0.29, 0.717) is 6.42 Å². The molecule has 2 rings (SSSR count). The van der Waals surface area contributed by atoms with Gasteiger partial charge in [0, 0.05) is 11.3 Å². The van der Waals surface area contributed by atoms with E-state index in [1.54, 1.807) is 0 Å². The Balaban J connectivity index is 2.57. The molecule has 1 N–H and O–H groups in total. The number of carboxylic acid groups (broad SMARTS) is 1. The van der Waals surface area contributed by atoms with Gasteiger partial charge in [-0.2, -0.15) is 0 Å². The van der Waals surface area contributed by atoms with E-state index in [0.717, 1.165) is 29.7 Å². The number of nitrogens with zero attached hydrogens (tertiary/aromatic N) is 1. The van der Waals surface area contributed by atoms with E-state index < -0.39 is 12.0 Å². The molecule has 22 heavy (non-hydrogen) atoms. The van der Waals surface area contributed by atoms with Crippen LogP contribution in [-0.2, 0) is 4.79 Å². The molecule has 1 heterocycles. The Labute approximate surface area is 133 Å². The van der Waals surface area contributed by atoms with Crippen molar-refractivity contribution in [1.29, 1.82) is 0 Å². The van der Waals surface area contributed by atoms with Crippen LogP contribution in [0.1, 0.15) is 58.1 Å². The molecule has 0 bridgehead atoms. The highest BCUT2D eigenvalue weighted by Crippen LogP contribution is 2.41. The van der Waals surface area contributed by atoms with Crippen molar-refractivity contribution >= 4 is 17.2 Å². The van der Waals surface area contributed by atoms with Gasteiger partial charge in [0.15, 0.2) is 0 Å². The van der Waals surface area contributed by atoms with E-state index in [-0.39, 0.29) is 5.54 Å². The van der Waals surface area contributed by atoms with Crippen molar-refractivity contribution in [3.8, 4) is 0 Å². The first-order valence-corrected chi connectivity index (χ1v) is 8.10. The van der Waals surface area contributed by atoms with Gasteiger partial charge in [0.1, 0.15) is 6.04 Å². The van der Waals surface area contributed by atoms with Gasteiger partial charge in [0.2, 0.25) is 0 Å². The molecule has 0 radical (unpaired) electrons. The normalized spacial score (nSPS) is 17.7. The van der Waals surface area contributed by atoms with Crippen LogP contribution >= 0.6 is 0 Å².